The fourth-order valence-corrected chi connectivity index (χ4v) is 2.12. The molecule has 16 heavy (non-hydrogen) atoms. The highest BCUT2D eigenvalue weighted by atomic mass is 127. The number of benzene rings is 1. The quantitative estimate of drug-likeness (QED) is 0.862. The van der Waals surface area contributed by atoms with E-state index in [1.54, 1.807) is 7.05 Å². The Labute approximate surface area is 111 Å². The van der Waals surface area contributed by atoms with Gasteiger partial charge in [0.05, 0.1) is 24.3 Å². The van der Waals surface area contributed by atoms with E-state index in [2.05, 4.69) is 43.3 Å². The van der Waals surface area contributed by atoms with Crippen LogP contribution >= 0.6 is 34.2 Å². The summed E-state index contributed by atoms with van der Waals surface area (Å²) in [4.78, 5) is 1.42. The van der Waals surface area contributed by atoms with E-state index in [-0.39, 0.29) is 0 Å². The van der Waals surface area contributed by atoms with Gasteiger partial charge in [0.2, 0.25) is 0 Å². The molecule has 0 unspecified atom stereocenters. The molecule has 0 saturated carbocycles. The summed E-state index contributed by atoms with van der Waals surface area (Å²) in [6.07, 6.45) is 0. The fraction of sp³-hybridized carbons (Fsp3) is 0.222. The number of nitrogens with one attached hydrogen (secondary N) is 1. The summed E-state index contributed by atoms with van der Waals surface area (Å²) in [5, 5.41) is 15.5. The first-order valence-electron chi connectivity index (χ1n) is 4.57. The van der Waals surface area contributed by atoms with E-state index in [0.717, 1.165) is 9.26 Å². The second kappa shape index (κ2) is 4.96. The predicted octanol–water partition coefficient (Wildman–Crippen LogP) is 2.08. The number of tetrazole rings is 1. The minimum Gasteiger partial charge on any atom is -0.376 e. The van der Waals surface area contributed by atoms with Crippen LogP contribution < -0.4 is 5.32 Å². The van der Waals surface area contributed by atoms with Crippen molar-refractivity contribution in [3.8, 4) is 0 Å². The monoisotopic (exact) mass is 349 g/mol. The molecule has 1 N–H and O–H groups in total. The number of rotatable bonds is 3. The fourth-order valence-electron chi connectivity index (χ4n) is 1.20. The van der Waals surface area contributed by atoms with Crippen molar-refractivity contribution in [1.82, 2.24) is 20.2 Å². The Bertz CT molecular complexity index is 498. The zero-order valence-corrected chi connectivity index (χ0v) is 11.4. The van der Waals surface area contributed by atoms with Gasteiger partial charge in [0.1, 0.15) is 0 Å². The van der Waals surface area contributed by atoms with Crippen molar-refractivity contribution in [3.05, 3.63) is 32.6 Å². The molecule has 84 valence electrons. The average molecular weight is 350 g/mol. The third-order valence-corrected chi connectivity index (χ3v) is 2.90. The maximum atomic E-state index is 6.07. The summed E-state index contributed by atoms with van der Waals surface area (Å²) in [5.74, 6) is 0.636. The van der Waals surface area contributed by atoms with Crippen molar-refractivity contribution in [2.75, 3.05) is 5.32 Å². The normalized spacial score (nSPS) is 10.4. The summed E-state index contributed by atoms with van der Waals surface area (Å²) in [6.45, 7) is 0.508. The van der Waals surface area contributed by atoms with Crippen LogP contribution in [0.1, 0.15) is 5.82 Å². The number of nitrogens with zero attached hydrogens (tertiary/aromatic N) is 4. The highest BCUT2D eigenvalue weighted by Gasteiger charge is 2.03. The first-order valence-corrected chi connectivity index (χ1v) is 6.02. The van der Waals surface area contributed by atoms with Crippen LogP contribution in [0.15, 0.2) is 18.2 Å². The van der Waals surface area contributed by atoms with Crippen molar-refractivity contribution in [3.63, 3.8) is 0 Å². The summed E-state index contributed by atoms with van der Waals surface area (Å²) < 4.78 is 1.10. The van der Waals surface area contributed by atoms with E-state index < -0.39 is 0 Å². The highest BCUT2D eigenvalue weighted by Crippen LogP contribution is 2.23. The molecule has 0 fully saturated rings. The third-order valence-electron chi connectivity index (χ3n) is 1.92. The van der Waals surface area contributed by atoms with E-state index in [0.29, 0.717) is 17.4 Å². The molecule has 0 bridgehead atoms. The molecule has 0 radical (unpaired) electrons. The average Bonchev–Trinajstić information content (AvgIpc) is 2.63. The van der Waals surface area contributed by atoms with E-state index >= 15 is 0 Å². The van der Waals surface area contributed by atoms with Crippen LogP contribution in [0.25, 0.3) is 0 Å². The second-order valence-electron chi connectivity index (χ2n) is 3.17. The van der Waals surface area contributed by atoms with Gasteiger partial charge >= 0.3 is 0 Å². The zero-order valence-electron chi connectivity index (χ0n) is 8.48. The van der Waals surface area contributed by atoms with Crippen molar-refractivity contribution in [1.29, 1.82) is 0 Å². The topological polar surface area (TPSA) is 55.6 Å². The largest absolute Gasteiger partial charge is 0.376 e. The standard InChI is InChI=1S/C9H9ClIN5/c1-16-14-9(13-15-16)5-12-8-3-2-6(11)4-7(8)10/h2-4,12H,5H2,1H3. The molecule has 0 amide bonds. The molecule has 2 rings (SSSR count). The Morgan fingerprint density at radius 3 is 2.94 bits per heavy atom. The van der Waals surface area contributed by atoms with Gasteiger partial charge in [0, 0.05) is 3.57 Å². The van der Waals surface area contributed by atoms with Gasteiger partial charge in [-0.15, -0.1) is 10.2 Å². The molecule has 5 nitrogen and oxygen atoms in total. The van der Waals surface area contributed by atoms with E-state index in [1.807, 2.05) is 18.2 Å². The van der Waals surface area contributed by atoms with Gasteiger partial charge in [-0.05, 0) is 46.0 Å². The lowest BCUT2D eigenvalue weighted by Crippen LogP contribution is -2.02. The van der Waals surface area contributed by atoms with Crippen molar-refractivity contribution in [2.24, 2.45) is 7.05 Å². The Hall–Kier alpha value is -0.890. The van der Waals surface area contributed by atoms with Gasteiger partial charge in [-0.2, -0.15) is 4.80 Å². The SMILES string of the molecule is Cn1nnc(CNc2ccc(I)cc2Cl)n1. The first-order chi connectivity index (χ1) is 7.65. The lowest BCUT2D eigenvalue weighted by Gasteiger charge is -2.05. The maximum Gasteiger partial charge on any atom is 0.193 e. The zero-order chi connectivity index (χ0) is 11.5. The minimum absolute atomic E-state index is 0.508. The Morgan fingerprint density at radius 1 is 1.50 bits per heavy atom. The Kier molecular flexibility index (Phi) is 3.59. The molecule has 7 heteroatoms. The van der Waals surface area contributed by atoms with Crippen LogP contribution in [0.3, 0.4) is 0 Å². The smallest absolute Gasteiger partial charge is 0.193 e. The van der Waals surface area contributed by atoms with E-state index in [9.17, 15) is 0 Å². The summed E-state index contributed by atoms with van der Waals surface area (Å²) >= 11 is 8.29. The Balaban J connectivity index is 2.04. The number of halogens is 2. The molecule has 0 aliphatic carbocycles. The van der Waals surface area contributed by atoms with Crippen LogP contribution in [-0.4, -0.2) is 20.2 Å². The van der Waals surface area contributed by atoms with Gasteiger partial charge in [0.15, 0.2) is 5.82 Å². The van der Waals surface area contributed by atoms with Crippen LogP contribution in [0.4, 0.5) is 5.69 Å². The molecule has 1 aromatic carbocycles. The van der Waals surface area contributed by atoms with Crippen molar-refractivity contribution < 1.29 is 0 Å². The number of aryl methyl sites for hydroxylation is 1. The molecule has 0 spiro atoms. The predicted molar refractivity (Wildman–Crippen MR) is 70.3 cm³/mol. The van der Waals surface area contributed by atoms with Crippen LogP contribution in [0.2, 0.25) is 5.02 Å². The van der Waals surface area contributed by atoms with Crippen LogP contribution in [0.5, 0.6) is 0 Å². The Morgan fingerprint density at radius 2 is 2.31 bits per heavy atom. The van der Waals surface area contributed by atoms with Gasteiger partial charge in [0.25, 0.3) is 0 Å². The molecule has 2 aromatic rings. The van der Waals surface area contributed by atoms with Crippen LogP contribution in [0, 0.1) is 3.57 Å². The molecule has 0 aliphatic rings. The first kappa shape index (κ1) is 11.6. The minimum atomic E-state index is 0.508. The molecule has 1 heterocycles. The van der Waals surface area contributed by atoms with E-state index in [4.69, 9.17) is 11.6 Å². The number of anilines is 1. The van der Waals surface area contributed by atoms with Crippen LogP contribution in [-0.2, 0) is 13.6 Å². The lowest BCUT2D eigenvalue weighted by molar-refractivity contribution is 0.628. The van der Waals surface area contributed by atoms with Gasteiger partial charge in [-0.1, -0.05) is 11.6 Å². The summed E-state index contributed by atoms with van der Waals surface area (Å²) in [6, 6.07) is 5.81. The van der Waals surface area contributed by atoms with E-state index in [1.165, 1.54) is 4.80 Å². The summed E-state index contributed by atoms with van der Waals surface area (Å²) in [5.41, 5.74) is 0.870. The molecule has 1 aromatic heterocycles. The number of hydrogen-bond acceptors (Lipinski definition) is 4. The molecular formula is C9H9ClIN5. The maximum absolute atomic E-state index is 6.07. The van der Waals surface area contributed by atoms with Crippen molar-refractivity contribution in [2.45, 2.75) is 6.54 Å². The summed E-state index contributed by atoms with van der Waals surface area (Å²) in [7, 11) is 1.73. The molecule has 0 atom stereocenters. The molecular weight excluding hydrogens is 340 g/mol. The molecule has 0 saturated heterocycles. The highest BCUT2D eigenvalue weighted by molar-refractivity contribution is 14.1. The van der Waals surface area contributed by atoms with Gasteiger partial charge in [-0.25, -0.2) is 0 Å². The van der Waals surface area contributed by atoms with Gasteiger partial charge in [-0.3, -0.25) is 0 Å². The van der Waals surface area contributed by atoms with Gasteiger partial charge < -0.3 is 5.32 Å². The lowest BCUT2D eigenvalue weighted by atomic mass is 10.3. The second-order valence-corrected chi connectivity index (χ2v) is 4.83. The molecule has 0 aliphatic heterocycles. The number of hydrogen-bond donors (Lipinski definition) is 1. The third kappa shape index (κ3) is 2.82. The number of aromatic nitrogens is 4. The van der Waals surface area contributed by atoms with Crippen molar-refractivity contribution >= 4 is 39.9 Å².